The summed E-state index contributed by atoms with van der Waals surface area (Å²) in [5.74, 6) is 1.07. The molecule has 0 radical (unpaired) electrons. The van der Waals surface area contributed by atoms with Gasteiger partial charge in [0.2, 0.25) is 11.7 Å². The second kappa shape index (κ2) is 7.39. The summed E-state index contributed by atoms with van der Waals surface area (Å²) < 4.78 is 5.21. The number of nitrogens with zero attached hydrogens (tertiary/aromatic N) is 2. The topological polar surface area (TPSA) is 68.0 Å². The predicted molar refractivity (Wildman–Crippen MR) is 89.7 cm³/mol. The van der Waals surface area contributed by atoms with Crippen molar-refractivity contribution in [2.24, 2.45) is 0 Å². The first-order valence-corrected chi connectivity index (χ1v) is 8.38. The molecule has 0 spiro atoms. The Labute approximate surface area is 142 Å². The van der Waals surface area contributed by atoms with Crippen LogP contribution in [0.3, 0.4) is 0 Å². The lowest BCUT2D eigenvalue weighted by atomic mass is 10.2. The molecule has 0 fully saturated rings. The molecular formula is C16H14ClN3O2S. The number of aromatic nitrogens is 2. The van der Waals surface area contributed by atoms with Crippen LogP contribution in [0.25, 0.3) is 10.7 Å². The van der Waals surface area contributed by atoms with Crippen molar-refractivity contribution < 1.29 is 9.32 Å². The molecule has 0 aliphatic heterocycles. The molecule has 118 valence electrons. The Hall–Kier alpha value is -2.18. The molecule has 1 N–H and O–H groups in total. The Balaban J connectivity index is 1.45. The van der Waals surface area contributed by atoms with E-state index in [4.69, 9.17) is 16.1 Å². The van der Waals surface area contributed by atoms with Gasteiger partial charge >= 0.3 is 0 Å². The van der Waals surface area contributed by atoms with Gasteiger partial charge in [0.15, 0.2) is 0 Å². The van der Waals surface area contributed by atoms with Crippen LogP contribution >= 0.6 is 22.9 Å². The van der Waals surface area contributed by atoms with Gasteiger partial charge in [0.05, 0.1) is 4.88 Å². The molecule has 0 unspecified atom stereocenters. The number of nitrogens with one attached hydrogen (secondary N) is 1. The molecule has 0 aliphatic carbocycles. The van der Waals surface area contributed by atoms with E-state index in [1.165, 1.54) is 0 Å². The molecule has 0 aliphatic rings. The lowest BCUT2D eigenvalue weighted by Crippen LogP contribution is -2.24. The monoisotopic (exact) mass is 347 g/mol. The summed E-state index contributed by atoms with van der Waals surface area (Å²) in [6, 6.07) is 10.7. The lowest BCUT2D eigenvalue weighted by molar-refractivity contribution is 0.0953. The molecule has 1 aromatic carbocycles. The Morgan fingerprint density at radius 1 is 1.26 bits per heavy atom. The Bertz CT molecular complexity index is 769. The predicted octanol–water partition coefficient (Wildman–Crippen LogP) is 3.81. The molecule has 1 amide bonds. The first-order valence-electron chi connectivity index (χ1n) is 7.12. The number of amides is 1. The highest BCUT2D eigenvalue weighted by Gasteiger charge is 2.09. The van der Waals surface area contributed by atoms with Gasteiger partial charge in [0, 0.05) is 23.6 Å². The number of carbonyl (C=O) groups excluding carboxylic acids is 1. The number of hydrogen-bond donors (Lipinski definition) is 1. The maximum atomic E-state index is 11.9. The average molecular weight is 348 g/mol. The Morgan fingerprint density at radius 2 is 2.09 bits per heavy atom. The number of rotatable bonds is 6. The third kappa shape index (κ3) is 4.18. The minimum absolute atomic E-state index is 0.119. The van der Waals surface area contributed by atoms with Crippen LogP contribution in [0.2, 0.25) is 5.02 Å². The zero-order valence-corrected chi connectivity index (χ0v) is 13.7. The van der Waals surface area contributed by atoms with Gasteiger partial charge in [0.1, 0.15) is 0 Å². The third-order valence-corrected chi connectivity index (χ3v) is 4.29. The molecule has 2 aromatic heterocycles. The zero-order valence-electron chi connectivity index (χ0n) is 12.2. The van der Waals surface area contributed by atoms with Crippen LogP contribution in [0, 0.1) is 0 Å². The largest absolute Gasteiger partial charge is 0.352 e. The number of halogens is 1. The van der Waals surface area contributed by atoms with Crippen molar-refractivity contribution in [2.45, 2.75) is 12.8 Å². The van der Waals surface area contributed by atoms with Gasteiger partial charge in [-0.25, -0.2) is 0 Å². The van der Waals surface area contributed by atoms with Crippen LogP contribution < -0.4 is 5.32 Å². The molecular weight excluding hydrogens is 334 g/mol. The van der Waals surface area contributed by atoms with E-state index in [0.29, 0.717) is 35.3 Å². The molecule has 0 atom stereocenters. The van der Waals surface area contributed by atoms with E-state index in [0.717, 1.165) is 11.3 Å². The summed E-state index contributed by atoms with van der Waals surface area (Å²) in [5, 5.41) is 9.39. The molecule has 3 aromatic rings. The fourth-order valence-corrected chi connectivity index (χ4v) is 2.78. The molecule has 0 bridgehead atoms. The van der Waals surface area contributed by atoms with Gasteiger partial charge in [-0.15, -0.1) is 11.3 Å². The average Bonchev–Trinajstić information content (AvgIpc) is 3.23. The fraction of sp³-hybridized carbons (Fsp3) is 0.188. The number of aryl methyl sites for hydroxylation is 1. The van der Waals surface area contributed by atoms with Crippen LogP contribution in [0.5, 0.6) is 0 Å². The van der Waals surface area contributed by atoms with Crippen LogP contribution in [-0.2, 0) is 6.42 Å². The van der Waals surface area contributed by atoms with E-state index >= 15 is 0 Å². The highest BCUT2D eigenvalue weighted by molar-refractivity contribution is 7.13. The molecule has 0 saturated carbocycles. The van der Waals surface area contributed by atoms with Gasteiger partial charge < -0.3 is 9.84 Å². The van der Waals surface area contributed by atoms with Gasteiger partial charge in [-0.05, 0) is 42.1 Å². The van der Waals surface area contributed by atoms with Crippen LogP contribution in [0.1, 0.15) is 22.7 Å². The maximum Gasteiger partial charge on any atom is 0.251 e. The van der Waals surface area contributed by atoms with Crippen molar-refractivity contribution in [1.29, 1.82) is 0 Å². The highest BCUT2D eigenvalue weighted by Crippen LogP contribution is 2.21. The number of benzene rings is 1. The van der Waals surface area contributed by atoms with E-state index in [9.17, 15) is 4.79 Å². The highest BCUT2D eigenvalue weighted by atomic mass is 35.5. The summed E-state index contributed by atoms with van der Waals surface area (Å²) >= 11 is 7.36. The maximum absolute atomic E-state index is 11.9. The lowest BCUT2D eigenvalue weighted by Gasteiger charge is -2.04. The van der Waals surface area contributed by atoms with Crippen molar-refractivity contribution in [3.8, 4) is 10.7 Å². The summed E-state index contributed by atoms with van der Waals surface area (Å²) in [7, 11) is 0. The Morgan fingerprint density at radius 3 is 2.83 bits per heavy atom. The smallest absolute Gasteiger partial charge is 0.251 e. The SMILES string of the molecule is O=C(NCCCc1nc(-c2cccs2)no1)c1ccc(Cl)cc1. The minimum atomic E-state index is -0.119. The molecule has 23 heavy (non-hydrogen) atoms. The normalized spacial score (nSPS) is 10.7. The van der Waals surface area contributed by atoms with Gasteiger partial charge in [-0.1, -0.05) is 22.8 Å². The first-order chi connectivity index (χ1) is 11.2. The number of thiophene rings is 1. The molecule has 5 nitrogen and oxygen atoms in total. The van der Waals surface area contributed by atoms with E-state index in [1.54, 1.807) is 35.6 Å². The van der Waals surface area contributed by atoms with Gasteiger partial charge in [-0.3, -0.25) is 4.79 Å². The van der Waals surface area contributed by atoms with Crippen molar-refractivity contribution in [2.75, 3.05) is 6.54 Å². The third-order valence-electron chi connectivity index (χ3n) is 3.17. The van der Waals surface area contributed by atoms with E-state index in [-0.39, 0.29) is 5.91 Å². The molecule has 3 rings (SSSR count). The van der Waals surface area contributed by atoms with Crippen LogP contribution in [0.4, 0.5) is 0 Å². The van der Waals surface area contributed by atoms with Crippen LogP contribution in [-0.4, -0.2) is 22.6 Å². The molecule has 0 saturated heterocycles. The molecule has 2 heterocycles. The van der Waals surface area contributed by atoms with Crippen molar-refractivity contribution in [1.82, 2.24) is 15.5 Å². The number of carbonyl (C=O) groups is 1. The number of hydrogen-bond acceptors (Lipinski definition) is 5. The summed E-state index contributed by atoms with van der Waals surface area (Å²) in [4.78, 5) is 17.2. The van der Waals surface area contributed by atoms with Gasteiger partial charge in [0.25, 0.3) is 5.91 Å². The van der Waals surface area contributed by atoms with E-state index in [1.807, 2.05) is 17.5 Å². The fourth-order valence-electron chi connectivity index (χ4n) is 2.01. The second-order valence-corrected chi connectivity index (χ2v) is 6.24. The quantitative estimate of drug-likeness (QED) is 0.688. The minimum Gasteiger partial charge on any atom is -0.352 e. The van der Waals surface area contributed by atoms with Gasteiger partial charge in [-0.2, -0.15) is 4.98 Å². The van der Waals surface area contributed by atoms with Crippen molar-refractivity contribution in [3.05, 3.63) is 58.3 Å². The van der Waals surface area contributed by atoms with E-state index in [2.05, 4.69) is 15.5 Å². The second-order valence-electron chi connectivity index (χ2n) is 4.86. The van der Waals surface area contributed by atoms with Crippen molar-refractivity contribution in [3.63, 3.8) is 0 Å². The Kier molecular flexibility index (Phi) is 5.05. The summed E-state index contributed by atoms with van der Waals surface area (Å²) in [6.45, 7) is 0.540. The van der Waals surface area contributed by atoms with Crippen molar-refractivity contribution >= 4 is 28.8 Å². The van der Waals surface area contributed by atoms with Crippen LogP contribution in [0.15, 0.2) is 46.3 Å². The van der Waals surface area contributed by atoms with E-state index < -0.39 is 0 Å². The summed E-state index contributed by atoms with van der Waals surface area (Å²) in [5.41, 5.74) is 0.590. The first kappa shape index (κ1) is 15.7. The zero-order chi connectivity index (χ0) is 16.1. The molecule has 7 heteroatoms. The standard InChI is InChI=1S/C16H14ClN3O2S/c17-12-7-5-11(6-8-12)16(21)18-9-1-4-14-19-15(20-22-14)13-3-2-10-23-13/h2-3,5-8,10H,1,4,9H2,(H,18,21). The summed E-state index contributed by atoms with van der Waals surface area (Å²) in [6.07, 6.45) is 1.35.